The van der Waals surface area contributed by atoms with Crippen LogP contribution in [0.5, 0.6) is 0 Å². The molecule has 5 heteroatoms. The van der Waals surface area contributed by atoms with Crippen LogP contribution >= 0.6 is 0 Å². The Balaban J connectivity index is 0.000000162. The van der Waals surface area contributed by atoms with Gasteiger partial charge < -0.3 is 9.84 Å². The molecule has 206 valence electrons. The van der Waals surface area contributed by atoms with E-state index in [2.05, 4.69) is 119 Å². The molecule has 0 unspecified atom stereocenters. The Bertz CT molecular complexity index is 1230. The molecule has 0 bridgehead atoms. The van der Waals surface area contributed by atoms with Crippen LogP contribution in [0.2, 0.25) is 0 Å². The lowest BCUT2D eigenvalue weighted by Crippen LogP contribution is -2.52. The van der Waals surface area contributed by atoms with Gasteiger partial charge in [-0.2, -0.15) is 0 Å². The summed E-state index contributed by atoms with van der Waals surface area (Å²) < 4.78 is 4.83. The summed E-state index contributed by atoms with van der Waals surface area (Å²) in [6, 6.07) is 42.6. The molecule has 5 nitrogen and oxygen atoms in total. The van der Waals surface area contributed by atoms with E-state index in [4.69, 9.17) is 4.74 Å². The quantitative estimate of drug-likeness (QED) is 0.299. The first kappa shape index (κ1) is 27.8. The van der Waals surface area contributed by atoms with E-state index < -0.39 is 0 Å². The Morgan fingerprint density at radius 2 is 0.975 bits per heavy atom. The first-order chi connectivity index (χ1) is 19.7. The van der Waals surface area contributed by atoms with Gasteiger partial charge in [-0.3, -0.25) is 14.6 Å². The van der Waals surface area contributed by atoms with Gasteiger partial charge >= 0.3 is 5.97 Å². The van der Waals surface area contributed by atoms with E-state index in [-0.39, 0.29) is 17.9 Å². The number of hydrogen-bond acceptors (Lipinski definition) is 5. The van der Waals surface area contributed by atoms with Gasteiger partial charge in [-0.25, -0.2) is 0 Å². The number of aliphatic hydroxyl groups is 1. The maximum Gasteiger partial charge on any atom is 0.311 e. The van der Waals surface area contributed by atoms with Crippen molar-refractivity contribution in [3.05, 3.63) is 144 Å². The summed E-state index contributed by atoms with van der Waals surface area (Å²) in [7, 11) is 1.46. The first-order valence-corrected chi connectivity index (χ1v) is 14.0. The summed E-state index contributed by atoms with van der Waals surface area (Å²) in [6.45, 7) is 3.75. The molecule has 4 aromatic carbocycles. The normalized spacial score (nSPS) is 16.1. The van der Waals surface area contributed by atoms with Crippen LogP contribution in [-0.2, 0) is 9.53 Å². The maximum absolute atomic E-state index is 11.6. The summed E-state index contributed by atoms with van der Waals surface area (Å²) in [5.41, 5.74) is 5.16. The van der Waals surface area contributed by atoms with Crippen LogP contribution < -0.4 is 0 Å². The molecule has 2 heterocycles. The third kappa shape index (κ3) is 6.50. The number of hydrogen-bond donors (Lipinski definition) is 1. The first-order valence-electron chi connectivity index (χ1n) is 14.0. The number of methoxy groups -OCH3 is 1. The molecule has 2 fully saturated rings. The lowest BCUT2D eigenvalue weighted by molar-refractivity contribution is -0.152. The van der Waals surface area contributed by atoms with Crippen LogP contribution in [0.25, 0.3) is 0 Å². The molecule has 0 amide bonds. The second kappa shape index (κ2) is 13.5. The van der Waals surface area contributed by atoms with E-state index >= 15 is 0 Å². The lowest BCUT2D eigenvalue weighted by Gasteiger charge is -2.44. The van der Waals surface area contributed by atoms with Crippen LogP contribution in [0.3, 0.4) is 0 Å². The summed E-state index contributed by atoms with van der Waals surface area (Å²) >= 11 is 0. The van der Waals surface area contributed by atoms with E-state index in [0.29, 0.717) is 18.6 Å². The van der Waals surface area contributed by atoms with Crippen molar-refractivity contribution in [2.45, 2.75) is 12.1 Å². The highest BCUT2D eigenvalue weighted by atomic mass is 16.5. The minimum Gasteiger partial charge on any atom is -0.469 e. The highest BCUT2D eigenvalue weighted by Crippen LogP contribution is 2.35. The molecule has 0 radical (unpaired) electrons. The van der Waals surface area contributed by atoms with E-state index in [0.717, 1.165) is 26.2 Å². The van der Waals surface area contributed by atoms with Crippen LogP contribution in [0.15, 0.2) is 121 Å². The maximum atomic E-state index is 11.6. The minimum absolute atomic E-state index is 0.00456. The van der Waals surface area contributed by atoms with Crippen LogP contribution in [0.1, 0.15) is 34.3 Å². The summed E-state index contributed by atoms with van der Waals surface area (Å²) in [6.07, 6.45) is 0. The Morgan fingerprint density at radius 1 is 0.650 bits per heavy atom. The van der Waals surface area contributed by atoms with Gasteiger partial charge in [-0.15, -0.1) is 0 Å². The zero-order valence-electron chi connectivity index (χ0n) is 23.1. The van der Waals surface area contributed by atoms with Gasteiger partial charge in [-0.05, 0) is 22.3 Å². The van der Waals surface area contributed by atoms with Crippen molar-refractivity contribution in [1.29, 1.82) is 0 Å². The van der Waals surface area contributed by atoms with Gasteiger partial charge in [0, 0.05) is 38.7 Å². The number of esters is 1. The summed E-state index contributed by atoms with van der Waals surface area (Å²) in [4.78, 5) is 16.3. The number of benzene rings is 4. The Kier molecular flexibility index (Phi) is 9.40. The predicted molar refractivity (Wildman–Crippen MR) is 159 cm³/mol. The van der Waals surface area contributed by atoms with Crippen molar-refractivity contribution in [1.82, 2.24) is 9.80 Å². The second-order valence-electron chi connectivity index (χ2n) is 10.6. The molecule has 2 aliphatic heterocycles. The molecule has 2 saturated heterocycles. The molecule has 1 N–H and O–H groups in total. The fourth-order valence-electron chi connectivity index (χ4n) is 5.74. The van der Waals surface area contributed by atoms with Crippen molar-refractivity contribution >= 4 is 5.97 Å². The van der Waals surface area contributed by atoms with Gasteiger partial charge in [0.05, 0.1) is 25.1 Å². The number of aliphatic hydroxyl groups excluding tert-OH is 1. The van der Waals surface area contributed by atoms with E-state index in [9.17, 15) is 9.90 Å². The third-order valence-corrected chi connectivity index (χ3v) is 7.88. The predicted octanol–water partition coefficient (Wildman–Crippen LogP) is 5.58. The van der Waals surface area contributed by atoms with Gasteiger partial charge in [0.25, 0.3) is 0 Å². The van der Waals surface area contributed by atoms with Crippen molar-refractivity contribution in [3.63, 3.8) is 0 Å². The number of carbonyl (C=O) groups excluding carboxylic acids is 1. The zero-order chi connectivity index (χ0) is 27.7. The SMILES string of the molecule is COC(=O)C1CN(C(c2ccccc2)c2ccccc2)C1.OCC1CN(C(c2ccccc2)c2ccccc2)C1. The van der Waals surface area contributed by atoms with Crippen LogP contribution in [0, 0.1) is 11.8 Å². The Morgan fingerprint density at radius 3 is 1.27 bits per heavy atom. The highest BCUT2D eigenvalue weighted by molar-refractivity contribution is 5.74. The standard InChI is InChI=1S/C18H19NO2.C17H19NO/c1-21-18(20)16-12-19(13-16)17(14-8-4-2-5-9-14)15-10-6-3-7-11-15;19-13-14-11-18(12-14)17(15-7-3-1-4-8-15)16-9-5-2-6-10-16/h2-11,16-17H,12-13H2,1H3;1-10,14,17,19H,11-13H2. The molecule has 4 aromatic rings. The molecule has 0 atom stereocenters. The van der Waals surface area contributed by atoms with Gasteiger partial charge in [-0.1, -0.05) is 121 Å². The molecule has 2 aliphatic rings. The molecule has 0 spiro atoms. The molecule has 6 rings (SSSR count). The number of ether oxygens (including phenoxy) is 1. The van der Waals surface area contributed by atoms with Crippen LogP contribution in [-0.4, -0.2) is 60.8 Å². The minimum atomic E-state index is -0.105. The number of carbonyl (C=O) groups is 1. The van der Waals surface area contributed by atoms with Gasteiger partial charge in [0.15, 0.2) is 0 Å². The molecule has 40 heavy (non-hydrogen) atoms. The fraction of sp³-hybridized carbons (Fsp3) is 0.286. The van der Waals surface area contributed by atoms with Gasteiger partial charge in [0.1, 0.15) is 0 Å². The molecule has 0 aromatic heterocycles. The fourth-order valence-corrected chi connectivity index (χ4v) is 5.74. The number of rotatable bonds is 8. The zero-order valence-corrected chi connectivity index (χ0v) is 23.1. The summed E-state index contributed by atoms with van der Waals surface area (Å²) in [5, 5.41) is 9.20. The van der Waals surface area contributed by atoms with Crippen LogP contribution in [0.4, 0.5) is 0 Å². The second-order valence-corrected chi connectivity index (χ2v) is 10.6. The van der Waals surface area contributed by atoms with E-state index in [1.807, 2.05) is 12.1 Å². The van der Waals surface area contributed by atoms with E-state index in [1.54, 1.807) is 0 Å². The van der Waals surface area contributed by atoms with Crippen molar-refractivity contribution < 1.29 is 14.6 Å². The molecule has 0 aliphatic carbocycles. The highest BCUT2D eigenvalue weighted by Gasteiger charge is 2.38. The largest absolute Gasteiger partial charge is 0.469 e. The smallest absolute Gasteiger partial charge is 0.311 e. The topological polar surface area (TPSA) is 53.0 Å². The Hall–Kier alpha value is -3.77. The van der Waals surface area contributed by atoms with Gasteiger partial charge in [0.2, 0.25) is 0 Å². The number of likely N-dealkylation sites (tertiary alicyclic amines) is 2. The summed E-state index contributed by atoms with van der Waals surface area (Å²) in [5.74, 6) is 0.339. The number of nitrogens with zero attached hydrogens (tertiary/aromatic N) is 2. The third-order valence-electron chi connectivity index (χ3n) is 7.88. The molecular formula is C35H38N2O3. The van der Waals surface area contributed by atoms with Crippen molar-refractivity contribution in [3.8, 4) is 0 Å². The Labute approximate surface area is 237 Å². The average molecular weight is 535 g/mol. The van der Waals surface area contributed by atoms with Crippen molar-refractivity contribution in [2.75, 3.05) is 39.9 Å². The van der Waals surface area contributed by atoms with Crippen molar-refractivity contribution in [2.24, 2.45) is 11.8 Å². The monoisotopic (exact) mass is 534 g/mol. The average Bonchev–Trinajstić information content (AvgIpc) is 2.98. The molecule has 0 saturated carbocycles. The molecular weight excluding hydrogens is 496 g/mol. The lowest BCUT2D eigenvalue weighted by atomic mass is 9.90. The van der Waals surface area contributed by atoms with E-state index in [1.165, 1.54) is 29.4 Å².